The van der Waals surface area contributed by atoms with Gasteiger partial charge in [-0.25, -0.2) is 8.42 Å². The van der Waals surface area contributed by atoms with Crippen molar-refractivity contribution in [2.75, 3.05) is 0 Å². The molecule has 0 aliphatic rings. The van der Waals surface area contributed by atoms with E-state index in [0.29, 0.717) is 43.7 Å². The molecule has 7 nitrogen and oxygen atoms in total. The first kappa shape index (κ1) is 23.8. The molecule has 0 saturated carbocycles. The zero-order valence-electron chi connectivity index (χ0n) is 18.5. The molecular formula is C25H23ClN2O5S. The quantitative estimate of drug-likeness (QED) is 0.307. The molecule has 5 N–H and O–H groups in total. The molecule has 0 amide bonds. The van der Waals surface area contributed by atoms with Crippen molar-refractivity contribution < 1.29 is 23.4 Å². The van der Waals surface area contributed by atoms with Crippen molar-refractivity contribution >= 4 is 38.3 Å². The number of rotatable bonds is 6. The molecule has 1 heterocycles. The number of fused-ring (bicyclic) bond motifs is 1. The average molecular weight is 499 g/mol. The van der Waals surface area contributed by atoms with Crippen LogP contribution in [0.25, 0.3) is 22.0 Å². The molecule has 1 aromatic heterocycles. The Hall–Kier alpha value is -3.33. The van der Waals surface area contributed by atoms with Gasteiger partial charge in [-0.1, -0.05) is 23.7 Å². The molecule has 9 heteroatoms. The van der Waals surface area contributed by atoms with Gasteiger partial charge in [0.15, 0.2) is 0 Å². The van der Waals surface area contributed by atoms with Crippen molar-refractivity contribution in [3.05, 3.63) is 76.4 Å². The number of sulfone groups is 1. The Bertz CT molecular complexity index is 1530. The number of halogens is 1. The van der Waals surface area contributed by atoms with E-state index >= 15 is 0 Å². The largest absolute Gasteiger partial charge is 0.507 e. The van der Waals surface area contributed by atoms with Crippen molar-refractivity contribution in [1.29, 1.82) is 0 Å². The van der Waals surface area contributed by atoms with Gasteiger partial charge in [0, 0.05) is 22.1 Å². The van der Waals surface area contributed by atoms with Crippen LogP contribution >= 0.6 is 11.6 Å². The fourth-order valence-electron chi connectivity index (χ4n) is 4.16. The van der Waals surface area contributed by atoms with E-state index < -0.39 is 21.8 Å². The number of H-pyrrole nitrogens is 1. The lowest BCUT2D eigenvalue weighted by Crippen LogP contribution is -2.32. The summed E-state index contributed by atoms with van der Waals surface area (Å²) < 4.78 is 26.7. The van der Waals surface area contributed by atoms with E-state index in [1.807, 2.05) is 0 Å². The lowest BCUT2D eigenvalue weighted by atomic mass is 9.89. The molecule has 0 saturated heterocycles. The summed E-state index contributed by atoms with van der Waals surface area (Å²) in [6.45, 7) is 3.47. The van der Waals surface area contributed by atoms with Gasteiger partial charge in [0.1, 0.15) is 11.8 Å². The third kappa shape index (κ3) is 4.16. The smallest absolute Gasteiger partial charge is 0.320 e. The zero-order valence-corrected chi connectivity index (χ0v) is 20.0. The number of carbonyl (C=O) groups is 1. The maximum Gasteiger partial charge on any atom is 0.320 e. The molecule has 0 unspecified atom stereocenters. The first-order valence-corrected chi connectivity index (χ1v) is 12.3. The van der Waals surface area contributed by atoms with Crippen molar-refractivity contribution in [2.24, 2.45) is 5.73 Å². The minimum Gasteiger partial charge on any atom is -0.507 e. The lowest BCUT2D eigenvalue weighted by molar-refractivity contribution is -0.138. The van der Waals surface area contributed by atoms with Crippen LogP contribution in [0, 0.1) is 13.8 Å². The van der Waals surface area contributed by atoms with E-state index in [2.05, 4.69) is 4.98 Å². The Kier molecular flexibility index (Phi) is 6.16. The van der Waals surface area contributed by atoms with Crippen LogP contribution < -0.4 is 5.73 Å². The second-order valence-corrected chi connectivity index (χ2v) is 10.6. The highest BCUT2D eigenvalue weighted by atomic mass is 35.5. The second kappa shape index (κ2) is 8.79. The topological polar surface area (TPSA) is 133 Å². The number of aromatic nitrogens is 1. The van der Waals surface area contributed by atoms with Crippen LogP contribution in [0.4, 0.5) is 0 Å². The fraction of sp³-hybridized carbons (Fsp3) is 0.160. The van der Waals surface area contributed by atoms with E-state index in [1.165, 1.54) is 30.5 Å². The molecule has 0 aliphatic heterocycles. The van der Waals surface area contributed by atoms with Gasteiger partial charge in [-0.05, 0) is 84.5 Å². The highest BCUT2D eigenvalue weighted by Gasteiger charge is 2.24. The normalized spacial score (nSPS) is 12.7. The molecule has 176 valence electrons. The predicted octanol–water partition coefficient (Wildman–Crippen LogP) is 4.60. The summed E-state index contributed by atoms with van der Waals surface area (Å²) in [4.78, 5) is 14.6. The lowest BCUT2D eigenvalue weighted by Gasteiger charge is -2.18. The number of aryl methyl sites for hydroxylation is 1. The molecule has 0 aliphatic carbocycles. The van der Waals surface area contributed by atoms with Gasteiger partial charge in [0.25, 0.3) is 0 Å². The zero-order chi connectivity index (χ0) is 24.8. The standard InChI is InChI=1S/C25H23ClN2O5S/c1-13-9-16(11-20(27)25(30)31)23(14(2)24(13)29)15-3-8-21-19(10-15)22(12-28-21)34(32,33)18-6-4-17(26)5-7-18/h3-10,12,20,28-29H,11,27H2,1-2H3,(H,30,31)/t20-/m0/s1. The number of aromatic hydroxyl groups is 1. The highest BCUT2D eigenvalue weighted by Crippen LogP contribution is 2.38. The first-order chi connectivity index (χ1) is 16.0. The molecule has 4 rings (SSSR count). The van der Waals surface area contributed by atoms with Gasteiger partial charge in [-0.15, -0.1) is 0 Å². The number of carboxylic acid groups (broad SMARTS) is 1. The number of phenols is 1. The Labute approximate surface area is 201 Å². The van der Waals surface area contributed by atoms with Crippen LogP contribution in [-0.4, -0.2) is 35.6 Å². The van der Waals surface area contributed by atoms with Gasteiger partial charge in [0.05, 0.1) is 9.79 Å². The third-order valence-electron chi connectivity index (χ3n) is 5.92. The van der Waals surface area contributed by atoms with E-state index in [0.717, 1.165) is 0 Å². The summed E-state index contributed by atoms with van der Waals surface area (Å²) in [6.07, 6.45) is 1.49. The number of aliphatic carboxylic acids is 1. The van der Waals surface area contributed by atoms with E-state index in [4.69, 9.17) is 17.3 Å². The van der Waals surface area contributed by atoms with Crippen LogP contribution in [0.2, 0.25) is 5.02 Å². The summed E-state index contributed by atoms with van der Waals surface area (Å²) >= 11 is 5.91. The Morgan fingerprint density at radius 3 is 2.44 bits per heavy atom. The van der Waals surface area contributed by atoms with E-state index in [9.17, 15) is 23.4 Å². The van der Waals surface area contributed by atoms with Gasteiger partial charge in [-0.3, -0.25) is 4.79 Å². The molecule has 3 aromatic carbocycles. The second-order valence-electron chi connectivity index (χ2n) is 8.22. The fourth-order valence-corrected chi connectivity index (χ4v) is 5.70. The molecule has 34 heavy (non-hydrogen) atoms. The SMILES string of the molecule is Cc1cc(C[C@H](N)C(=O)O)c(-c2ccc3[nH]cc(S(=O)(=O)c4ccc(Cl)cc4)c3c2)c(C)c1O. The van der Waals surface area contributed by atoms with Gasteiger partial charge in [0.2, 0.25) is 9.84 Å². The molecule has 1 atom stereocenters. The van der Waals surface area contributed by atoms with Crippen molar-refractivity contribution in [3.8, 4) is 16.9 Å². The molecule has 0 radical (unpaired) electrons. The van der Waals surface area contributed by atoms with Crippen molar-refractivity contribution in [3.63, 3.8) is 0 Å². The number of carboxylic acids is 1. The monoisotopic (exact) mass is 498 g/mol. The van der Waals surface area contributed by atoms with Crippen LogP contribution in [0.15, 0.2) is 64.5 Å². The number of nitrogens with two attached hydrogens (primary N) is 1. The minimum absolute atomic E-state index is 0.0493. The maximum atomic E-state index is 13.3. The summed E-state index contributed by atoms with van der Waals surface area (Å²) in [5.41, 5.74) is 9.50. The number of aromatic amines is 1. The minimum atomic E-state index is -3.84. The highest BCUT2D eigenvalue weighted by molar-refractivity contribution is 7.91. The summed E-state index contributed by atoms with van der Waals surface area (Å²) in [5, 5.41) is 20.8. The molecule has 0 fully saturated rings. The molecular weight excluding hydrogens is 476 g/mol. The molecule has 0 spiro atoms. The summed E-state index contributed by atoms with van der Waals surface area (Å²) in [7, 11) is -3.84. The van der Waals surface area contributed by atoms with Crippen molar-refractivity contribution in [1.82, 2.24) is 4.98 Å². The maximum absolute atomic E-state index is 13.3. The number of hydrogen-bond donors (Lipinski definition) is 4. The summed E-state index contributed by atoms with van der Waals surface area (Å²) in [5.74, 6) is -1.04. The summed E-state index contributed by atoms with van der Waals surface area (Å²) in [6, 6.07) is 11.8. The van der Waals surface area contributed by atoms with E-state index in [-0.39, 0.29) is 22.0 Å². The Balaban J connectivity index is 1.91. The van der Waals surface area contributed by atoms with Crippen molar-refractivity contribution in [2.45, 2.75) is 36.1 Å². The number of hydrogen-bond acceptors (Lipinski definition) is 5. The van der Waals surface area contributed by atoms with Crippen LogP contribution in [-0.2, 0) is 21.1 Å². The molecule has 0 bridgehead atoms. The number of phenolic OH excluding ortho intramolecular Hbond substituents is 1. The van der Waals surface area contributed by atoms with Gasteiger partial charge >= 0.3 is 5.97 Å². The third-order valence-corrected chi connectivity index (χ3v) is 7.98. The first-order valence-electron chi connectivity index (χ1n) is 10.4. The Morgan fingerprint density at radius 2 is 1.79 bits per heavy atom. The van der Waals surface area contributed by atoms with Crippen LogP contribution in [0.5, 0.6) is 5.75 Å². The average Bonchev–Trinajstić information content (AvgIpc) is 3.22. The molecule has 4 aromatic rings. The Morgan fingerprint density at radius 1 is 1.12 bits per heavy atom. The van der Waals surface area contributed by atoms with Gasteiger partial charge in [-0.2, -0.15) is 0 Å². The number of nitrogens with one attached hydrogen (secondary N) is 1. The van der Waals surface area contributed by atoms with Gasteiger partial charge < -0.3 is 20.9 Å². The van der Waals surface area contributed by atoms with Crippen LogP contribution in [0.1, 0.15) is 16.7 Å². The van der Waals surface area contributed by atoms with Crippen LogP contribution in [0.3, 0.4) is 0 Å². The number of benzene rings is 3. The van der Waals surface area contributed by atoms with E-state index in [1.54, 1.807) is 38.1 Å². The predicted molar refractivity (Wildman–Crippen MR) is 131 cm³/mol.